The summed E-state index contributed by atoms with van der Waals surface area (Å²) >= 11 is 0. The predicted molar refractivity (Wildman–Crippen MR) is 104 cm³/mol. The topological polar surface area (TPSA) is 77.8 Å². The van der Waals surface area contributed by atoms with Gasteiger partial charge in [-0.25, -0.2) is 0 Å². The van der Waals surface area contributed by atoms with Crippen molar-refractivity contribution in [2.24, 2.45) is 11.8 Å². The van der Waals surface area contributed by atoms with Gasteiger partial charge in [-0.2, -0.15) is 0 Å². The van der Waals surface area contributed by atoms with Crippen LogP contribution >= 0.6 is 0 Å². The van der Waals surface area contributed by atoms with Gasteiger partial charge in [0.1, 0.15) is 0 Å². The zero-order valence-corrected chi connectivity index (χ0v) is 15.5. The smallest absolute Gasteiger partial charge is 0.253 e. The SMILES string of the molecule is CCC(=O)c1ccc(-c2cccc(C(=O)N3C[C@@H](CO)[C@H](CO)C3)c2)cc1. The van der Waals surface area contributed by atoms with Gasteiger partial charge in [0.2, 0.25) is 0 Å². The van der Waals surface area contributed by atoms with Crippen LogP contribution in [0.5, 0.6) is 0 Å². The quantitative estimate of drug-likeness (QED) is 0.770. The summed E-state index contributed by atoms with van der Waals surface area (Å²) < 4.78 is 0. The molecule has 1 saturated heterocycles. The first-order chi connectivity index (χ1) is 13.1. The average molecular weight is 367 g/mol. The molecule has 0 spiro atoms. The number of hydrogen-bond donors (Lipinski definition) is 2. The summed E-state index contributed by atoms with van der Waals surface area (Å²) in [5, 5.41) is 18.9. The molecule has 1 aliphatic heterocycles. The highest BCUT2D eigenvalue weighted by molar-refractivity contribution is 5.97. The summed E-state index contributed by atoms with van der Waals surface area (Å²) in [6, 6.07) is 14.8. The summed E-state index contributed by atoms with van der Waals surface area (Å²) in [5.74, 6) is -0.142. The normalized spacial score (nSPS) is 19.3. The van der Waals surface area contributed by atoms with Crippen molar-refractivity contribution >= 4 is 11.7 Å². The minimum Gasteiger partial charge on any atom is -0.396 e. The second kappa shape index (κ2) is 8.46. The summed E-state index contributed by atoms with van der Waals surface area (Å²) in [6.45, 7) is 2.69. The molecule has 27 heavy (non-hydrogen) atoms. The lowest BCUT2D eigenvalue weighted by molar-refractivity contribution is 0.0778. The number of carbonyl (C=O) groups excluding carboxylic acids is 2. The molecule has 5 heteroatoms. The fourth-order valence-electron chi connectivity index (χ4n) is 3.59. The number of nitrogens with zero attached hydrogens (tertiary/aromatic N) is 1. The molecule has 1 amide bonds. The maximum absolute atomic E-state index is 12.9. The molecule has 1 heterocycles. The van der Waals surface area contributed by atoms with Crippen LogP contribution < -0.4 is 0 Å². The van der Waals surface area contributed by atoms with E-state index in [1.807, 2.05) is 49.4 Å². The first kappa shape index (κ1) is 19.3. The number of ketones is 1. The largest absolute Gasteiger partial charge is 0.396 e. The van der Waals surface area contributed by atoms with Gasteiger partial charge in [0.25, 0.3) is 5.91 Å². The zero-order valence-electron chi connectivity index (χ0n) is 15.5. The Kier molecular flexibility index (Phi) is 6.04. The number of amides is 1. The van der Waals surface area contributed by atoms with Gasteiger partial charge < -0.3 is 15.1 Å². The first-order valence-corrected chi connectivity index (χ1v) is 9.32. The Balaban J connectivity index is 1.79. The zero-order chi connectivity index (χ0) is 19.4. The molecule has 0 radical (unpaired) electrons. The van der Waals surface area contributed by atoms with E-state index in [9.17, 15) is 19.8 Å². The van der Waals surface area contributed by atoms with Crippen LogP contribution in [0, 0.1) is 11.8 Å². The van der Waals surface area contributed by atoms with E-state index < -0.39 is 0 Å². The van der Waals surface area contributed by atoms with Crippen molar-refractivity contribution in [3.63, 3.8) is 0 Å². The third kappa shape index (κ3) is 4.10. The van der Waals surface area contributed by atoms with Gasteiger partial charge in [0.15, 0.2) is 5.78 Å². The number of likely N-dealkylation sites (tertiary alicyclic amines) is 1. The van der Waals surface area contributed by atoms with Crippen molar-refractivity contribution in [1.82, 2.24) is 4.90 Å². The number of aliphatic hydroxyl groups is 2. The summed E-state index contributed by atoms with van der Waals surface area (Å²) in [7, 11) is 0. The minimum atomic E-state index is -0.0935. The van der Waals surface area contributed by atoms with Gasteiger partial charge >= 0.3 is 0 Å². The fraction of sp³-hybridized carbons (Fsp3) is 0.364. The average Bonchev–Trinajstić information content (AvgIpc) is 3.16. The molecule has 2 aromatic rings. The molecule has 0 aliphatic carbocycles. The lowest BCUT2D eigenvalue weighted by Crippen LogP contribution is -2.29. The molecule has 2 aromatic carbocycles. The third-order valence-corrected chi connectivity index (χ3v) is 5.30. The highest BCUT2D eigenvalue weighted by Gasteiger charge is 2.34. The Hall–Kier alpha value is -2.50. The monoisotopic (exact) mass is 367 g/mol. The molecule has 2 atom stereocenters. The van der Waals surface area contributed by atoms with Gasteiger partial charge in [-0.1, -0.05) is 43.3 Å². The van der Waals surface area contributed by atoms with E-state index in [0.29, 0.717) is 30.6 Å². The predicted octanol–water partition coefficient (Wildman–Crippen LogP) is 2.62. The number of Topliss-reactive ketones (excluding diaryl/α,β-unsaturated/α-hetero) is 1. The fourth-order valence-corrected chi connectivity index (χ4v) is 3.59. The van der Waals surface area contributed by atoms with E-state index in [1.165, 1.54) is 0 Å². The van der Waals surface area contributed by atoms with E-state index in [-0.39, 0.29) is 36.7 Å². The molecular formula is C22H25NO4. The van der Waals surface area contributed by atoms with Gasteiger partial charge in [0.05, 0.1) is 0 Å². The lowest BCUT2D eigenvalue weighted by Gasteiger charge is -2.17. The molecule has 3 rings (SSSR count). The van der Waals surface area contributed by atoms with Crippen LogP contribution in [0.2, 0.25) is 0 Å². The van der Waals surface area contributed by atoms with E-state index >= 15 is 0 Å². The van der Waals surface area contributed by atoms with Crippen LogP contribution in [0.1, 0.15) is 34.1 Å². The highest BCUT2D eigenvalue weighted by Crippen LogP contribution is 2.26. The molecule has 1 aliphatic rings. The molecule has 0 saturated carbocycles. The van der Waals surface area contributed by atoms with Crippen LogP contribution in [0.25, 0.3) is 11.1 Å². The second-order valence-electron chi connectivity index (χ2n) is 7.03. The van der Waals surface area contributed by atoms with Crippen molar-refractivity contribution in [2.75, 3.05) is 26.3 Å². The van der Waals surface area contributed by atoms with Crippen molar-refractivity contribution in [1.29, 1.82) is 0 Å². The van der Waals surface area contributed by atoms with E-state index in [4.69, 9.17) is 0 Å². The maximum Gasteiger partial charge on any atom is 0.253 e. The van der Waals surface area contributed by atoms with Gasteiger partial charge in [-0.15, -0.1) is 0 Å². The molecule has 2 N–H and O–H groups in total. The Bertz CT molecular complexity index is 803. The van der Waals surface area contributed by atoms with Crippen molar-refractivity contribution in [3.8, 4) is 11.1 Å². The van der Waals surface area contributed by atoms with Crippen LogP contribution in [0.3, 0.4) is 0 Å². The van der Waals surface area contributed by atoms with E-state index in [2.05, 4.69) is 0 Å². The van der Waals surface area contributed by atoms with Gasteiger partial charge in [-0.05, 0) is 23.3 Å². The Morgan fingerprint density at radius 1 is 0.926 bits per heavy atom. The molecule has 0 bridgehead atoms. The van der Waals surface area contributed by atoms with Crippen molar-refractivity contribution in [3.05, 3.63) is 59.7 Å². The first-order valence-electron chi connectivity index (χ1n) is 9.32. The Morgan fingerprint density at radius 3 is 2.11 bits per heavy atom. The second-order valence-corrected chi connectivity index (χ2v) is 7.03. The number of benzene rings is 2. The molecule has 5 nitrogen and oxygen atoms in total. The van der Waals surface area contributed by atoms with Gasteiger partial charge in [0, 0.05) is 55.7 Å². The summed E-state index contributed by atoms with van der Waals surface area (Å²) in [4.78, 5) is 26.3. The summed E-state index contributed by atoms with van der Waals surface area (Å²) in [6.07, 6.45) is 0.475. The van der Waals surface area contributed by atoms with E-state index in [1.54, 1.807) is 11.0 Å². The molecular weight excluding hydrogens is 342 g/mol. The maximum atomic E-state index is 12.9. The van der Waals surface area contributed by atoms with Crippen molar-refractivity contribution in [2.45, 2.75) is 13.3 Å². The van der Waals surface area contributed by atoms with Crippen LogP contribution in [-0.2, 0) is 0 Å². The number of aliphatic hydroxyl groups excluding tert-OH is 2. The van der Waals surface area contributed by atoms with Crippen LogP contribution in [-0.4, -0.2) is 53.1 Å². The third-order valence-electron chi connectivity index (χ3n) is 5.30. The van der Waals surface area contributed by atoms with Gasteiger partial charge in [-0.3, -0.25) is 9.59 Å². The number of rotatable bonds is 6. The standard InChI is InChI=1S/C22H25NO4/c1-2-21(26)16-8-6-15(7-9-16)17-4-3-5-18(10-17)22(27)23-11-19(13-24)20(12-23)14-25/h3-10,19-20,24-25H,2,11-14H2,1H3/t19-,20-/m0/s1. The Labute approximate surface area is 159 Å². The number of carbonyl (C=O) groups is 2. The molecule has 142 valence electrons. The Morgan fingerprint density at radius 2 is 1.56 bits per heavy atom. The minimum absolute atomic E-state index is 0.0299. The highest BCUT2D eigenvalue weighted by atomic mass is 16.3. The lowest BCUT2D eigenvalue weighted by atomic mass is 9.98. The number of hydrogen-bond acceptors (Lipinski definition) is 4. The molecule has 0 unspecified atom stereocenters. The summed E-state index contributed by atoms with van der Waals surface area (Å²) in [5.41, 5.74) is 3.13. The molecule has 0 aromatic heterocycles. The molecule has 1 fully saturated rings. The van der Waals surface area contributed by atoms with Crippen LogP contribution in [0.15, 0.2) is 48.5 Å². The van der Waals surface area contributed by atoms with E-state index in [0.717, 1.165) is 11.1 Å². The van der Waals surface area contributed by atoms with Crippen LogP contribution in [0.4, 0.5) is 0 Å². The van der Waals surface area contributed by atoms with Crippen molar-refractivity contribution < 1.29 is 19.8 Å².